The first-order chi connectivity index (χ1) is 10.9. The molecule has 2 N–H and O–H groups in total. The SMILES string of the molecule is CC(C)CC(NCc1ccc(-c2ccc(Cl)c(Cl)c2)s1)C(=O)O. The highest BCUT2D eigenvalue weighted by Crippen LogP contribution is 2.32. The number of aliphatic carboxylic acids is 1. The van der Waals surface area contributed by atoms with Crippen molar-refractivity contribution >= 4 is 40.5 Å². The second-order valence-corrected chi connectivity index (χ2v) is 7.78. The zero-order valence-corrected chi connectivity index (χ0v) is 15.3. The summed E-state index contributed by atoms with van der Waals surface area (Å²) < 4.78 is 0. The summed E-state index contributed by atoms with van der Waals surface area (Å²) in [5, 5.41) is 13.4. The standard InChI is InChI=1S/C17H19Cl2NO2S/c1-10(2)7-15(17(21)22)20-9-12-4-6-16(23-12)11-3-5-13(18)14(19)8-11/h3-6,8,10,15,20H,7,9H2,1-2H3,(H,21,22). The van der Waals surface area contributed by atoms with Gasteiger partial charge in [-0.05, 0) is 42.2 Å². The van der Waals surface area contributed by atoms with E-state index in [0.29, 0.717) is 28.9 Å². The van der Waals surface area contributed by atoms with E-state index in [4.69, 9.17) is 23.2 Å². The molecule has 0 amide bonds. The quantitative estimate of drug-likeness (QED) is 0.692. The van der Waals surface area contributed by atoms with E-state index in [1.54, 1.807) is 17.4 Å². The van der Waals surface area contributed by atoms with Crippen molar-refractivity contribution in [3.05, 3.63) is 45.3 Å². The molecule has 0 aliphatic carbocycles. The smallest absolute Gasteiger partial charge is 0.320 e. The second-order valence-electron chi connectivity index (χ2n) is 5.80. The van der Waals surface area contributed by atoms with E-state index in [9.17, 15) is 9.90 Å². The minimum absolute atomic E-state index is 0.332. The molecule has 0 fully saturated rings. The highest BCUT2D eigenvalue weighted by Gasteiger charge is 2.18. The minimum Gasteiger partial charge on any atom is -0.480 e. The predicted molar refractivity (Wildman–Crippen MR) is 97.5 cm³/mol. The molecule has 0 radical (unpaired) electrons. The summed E-state index contributed by atoms with van der Waals surface area (Å²) in [7, 11) is 0. The van der Waals surface area contributed by atoms with Gasteiger partial charge in [-0.1, -0.05) is 43.1 Å². The van der Waals surface area contributed by atoms with Crippen molar-refractivity contribution in [2.45, 2.75) is 32.9 Å². The molecular weight excluding hydrogens is 353 g/mol. The summed E-state index contributed by atoms with van der Waals surface area (Å²) in [4.78, 5) is 13.4. The average molecular weight is 372 g/mol. The third-order valence-corrected chi connectivity index (χ3v) is 5.27. The number of halogens is 2. The zero-order chi connectivity index (χ0) is 17.0. The van der Waals surface area contributed by atoms with Gasteiger partial charge < -0.3 is 5.11 Å². The number of thiophene rings is 1. The molecule has 2 aromatic rings. The highest BCUT2D eigenvalue weighted by molar-refractivity contribution is 7.15. The Morgan fingerprint density at radius 2 is 1.96 bits per heavy atom. The molecule has 1 heterocycles. The van der Waals surface area contributed by atoms with Crippen LogP contribution in [0.15, 0.2) is 30.3 Å². The average Bonchev–Trinajstić information content (AvgIpc) is 2.94. The first kappa shape index (κ1) is 18.3. The fourth-order valence-electron chi connectivity index (χ4n) is 2.24. The van der Waals surface area contributed by atoms with Crippen LogP contribution in [0.1, 0.15) is 25.1 Å². The molecule has 1 aromatic heterocycles. The van der Waals surface area contributed by atoms with Crippen molar-refractivity contribution in [3.63, 3.8) is 0 Å². The van der Waals surface area contributed by atoms with E-state index in [0.717, 1.165) is 15.3 Å². The summed E-state index contributed by atoms with van der Waals surface area (Å²) in [6.45, 7) is 4.58. The van der Waals surface area contributed by atoms with Crippen LogP contribution in [0.5, 0.6) is 0 Å². The number of carboxylic acid groups (broad SMARTS) is 1. The number of hydrogen-bond donors (Lipinski definition) is 2. The van der Waals surface area contributed by atoms with Crippen LogP contribution in [0.25, 0.3) is 10.4 Å². The monoisotopic (exact) mass is 371 g/mol. The molecule has 23 heavy (non-hydrogen) atoms. The van der Waals surface area contributed by atoms with Crippen LogP contribution < -0.4 is 5.32 Å². The Morgan fingerprint density at radius 3 is 2.57 bits per heavy atom. The molecule has 0 spiro atoms. The van der Waals surface area contributed by atoms with Crippen LogP contribution in [0.3, 0.4) is 0 Å². The van der Waals surface area contributed by atoms with E-state index < -0.39 is 12.0 Å². The predicted octanol–water partition coefficient (Wildman–Crippen LogP) is 5.31. The minimum atomic E-state index is -0.806. The third-order valence-electron chi connectivity index (χ3n) is 3.39. The molecule has 0 saturated carbocycles. The lowest BCUT2D eigenvalue weighted by Gasteiger charge is -2.15. The van der Waals surface area contributed by atoms with Gasteiger partial charge in [-0.2, -0.15) is 0 Å². The van der Waals surface area contributed by atoms with Crippen molar-refractivity contribution in [2.24, 2.45) is 5.92 Å². The summed E-state index contributed by atoms with van der Waals surface area (Å²) in [6.07, 6.45) is 0.611. The summed E-state index contributed by atoms with van der Waals surface area (Å²) in [5.74, 6) is -0.473. The van der Waals surface area contributed by atoms with Gasteiger partial charge in [0.25, 0.3) is 0 Å². The highest BCUT2D eigenvalue weighted by atomic mass is 35.5. The summed E-state index contributed by atoms with van der Waals surface area (Å²) in [5.41, 5.74) is 1.01. The first-order valence-electron chi connectivity index (χ1n) is 7.37. The maximum atomic E-state index is 11.3. The van der Waals surface area contributed by atoms with Crippen molar-refractivity contribution in [1.29, 1.82) is 0 Å². The third kappa shape index (κ3) is 5.21. The molecule has 1 atom stereocenters. The Hall–Kier alpha value is -1.07. The van der Waals surface area contributed by atoms with Crippen LogP contribution in [-0.4, -0.2) is 17.1 Å². The van der Waals surface area contributed by atoms with Gasteiger partial charge in [-0.3, -0.25) is 10.1 Å². The molecule has 1 aromatic carbocycles. The molecular formula is C17H19Cl2NO2S. The molecule has 6 heteroatoms. The van der Waals surface area contributed by atoms with Gasteiger partial charge in [0.15, 0.2) is 0 Å². The molecule has 2 rings (SSSR count). The van der Waals surface area contributed by atoms with Gasteiger partial charge in [0, 0.05) is 16.3 Å². The molecule has 0 saturated heterocycles. The van der Waals surface area contributed by atoms with Gasteiger partial charge in [-0.15, -0.1) is 11.3 Å². The summed E-state index contributed by atoms with van der Waals surface area (Å²) in [6, 6.07) is 9.04. The van der Waals surface area contributed by atoms with E-state index in [-0.39, 0.29) is 0 Å². The van der Waals surface area contributed by atoms with Crippen LogP contribution in [-0.2, 0) is 11.3 Å². The van der Waals surface area contributed by atoms with Crippen LogP contribution in [0.2, 0.25) is 10.0 Å². The van der Waals surface area contributed by atoms with E-state index in [1.165, 1.54) is 0 Å². The Labute approximate surface area is 150 Å². The van der Waals surface area contributed by atoms with Gasteiger partial charge in [0.1, 0.15) is 6.04 Å². The van der Waals surface area contributed by atoms with E-state index >= 15 is 0 Å². The number of carboxylic acids is 1. The molecule has 0 aliphatic heterocycles. The Kier molecular flexibility index (Phi) is 6.48. The largest absolute Gasteiger partial charge is 0.480 e. The van der Waals surface area contributed by atoms with Crippen molar-refractivity contribution in [2.75, 3.05) is 0 Å². The number of carbonyl (C=O) groups is 1. The van der Waals surface area contributed by atoms with E-state index in [2.05, 4.69) is 5.32 Å². The lowest BCUT2D eigenvalue weighted by atomic mass is 10.0. The lowest BCUT2D eigenvalue weighted by molar-refractivity contribution is -0.140. The second kappa shape index (κ2) is 8.15. The molecule has 124 valence electrons. The Balaban J connectivity index is 2.04. The molecule has 3 nitrogen and oxygen atoms in total. The molecule has 0 bridgehead atoms. The number of hydrogen-bond acceptors (Lipinski definition) is 3. The Bertz CT molecular complexity index is 685. The van der Waals surface area contributed by atoms with Crippen LogP contribution in [0, 0.1) is 5.92 Å². The van der Waals surface area contributed by atoms with Crippen molar-refractivity contribution in [1.82, 2.24) is 5.32 Å². The fourth-order valence-corrected chi connectivity index (χ4v) is 3.50. The fraction of sp³-hybridized carbons (Fsp3) is 0.353. The zero-order valence-electron chi connectivity index (χ0n) is 13.0. The van der Waals surface area contributed by atoms with Gasteiger partial charge in [0.05, 0.1) is 10.0 Å². The normalized spacial score (nSPS) is 12.6. The number of nitrogens with one attached hydrogen (secondary N) is 1. The maximum Gasteiger partial charge on any atom is 0.320 e. The Morgan fingerprint density at radius 1 is 1.22 bits per heavy atom. The van der Waals surface area contributed by atoms with Crippen molar-refractivity contribution in [3.8, 4) is 10.4 Å². The van der Waals surface area contributed by atoms with Gasteiger partial charge in [-0.25, -0.2) is 0 Å². The molecule has 1 unspecified atom stereocenters. The number of benzene rings is 1. The molecule has 0 aliphatic rings. The van der Waals surface area contributed by atoms with E-state index in [1.807, 2.05) is 38.1 Å². The van der Waals surface area contributed by atoms with Crippen molar-refractivity contribution < 1.29 is 9.90 Å². The topological polar surface area (TPSA) is 49.3 Å². The maximum absolute atomic E-state index is 11.3. The van der Waals surface area contributed by atoms with Crippen LogP contribution >= 0.6 is 34.5 Å². The van der Waals surface area contributed by atoms with Crippen LogP contribution in [0.4, 0.5) is 0 Å². The summed E-state index contributed by atoms with van der Waals surface area (Å²) >= 11 is 13.6. The number of rotatable bonds is 7. The first-order valence-corrected chi connectivity index (χ1v) is 8.94. The van der Waals surface area contributed by atoms with Gasteiger partial charge >= 0.3 is 5.97 Å². The lowest BCUT2D eigenvalue weighted by Crippen LogP contribution is -2.37. The van der Waals surface area contributed by atoms with Gasteiger partial charge in [0.2, 0.25) is 0 Å².